The third-order valence-corrected chi connectivity index (χ3v) is 1.68. The first-order valence-electron chi connectivity index (χ1n) is 5.12. The van der Waals surface area contributed by atoms with E-state index in [1.807, 2.05) is 45.2 Å². The van der Waals surface area contributed by atoms with Crippen molar-refractivity contribution >= 4 is 11.7 Å². The molecule has 0 heterocycles. The molecule has 15 heavy (non-hydrogen) atoms. The van der Waals surface area contributed by atoms with Gasteiger partial charge in [-0.2, -0.15) is 0 Å². The Kier molecular flexibility index (Phi) is 7.06. The summed E-state index contributed by atoms with van der Waals surface area (Å²) in [7, 11) is 1.86. The van der Waals surface area contributed by atoms with E-state index in [0.717, 1.165) is 11.3 Å². The number of ether oxygens (including phenoxy) is 1. The Morgan fingerprint density at radius 1 is 1.27 bits per heavy atom. The van der Waals surface area contributed by atoms with E-state index in [1.165, 1.54) is 6.92 Å². The molecule has 3 heteroatoms. The molecular weight excluding hydrogens is 190 g/mol. The minimum absolute atomic E-state index is 0.252. The molecule has 0 saturated heterocycles. The van der Waals surface area contributed by atoms with Crippen LogP contribution in [0.2, 0.25) is 0 Å². The highest BCUT2D eigenvalue weighted by molar-refractivity contribution is 5.65. The molecule has 0 aromatic heterocycles. The minimum atomic E-state index is -0.252. The number of esters is 1. The molecule has 1 N–H and O–H groups in total. The molecule has 3 nitrogen and oxygen atoms in total. The van der Waals surface area contributed by atoms with Crippen LogP contribution in [-0.4, -0.2) is 13.0 Å². The summed E-state index contributed by atoms with van der Waals surface area (Å²) in [4.78, 5) is 10.5. The van der Waals surface area contributed by atoms with Gasteiger partial charge < -0.3 is 10.1 Å². The highest BCUT2D eigenvalue weighted by Gasteiger charge is 1.95. The fraction of sp³-hybridized carbons (Fsp3) is 0.417. The SMILES string of the molecule is CC.CNc1ccc(COC(C)=O)cc1. The van der Waals surface area contributed by atoms with E-state index >= 15 is 0 Å². The molecule has 0 bridgehead atoms. The normalized spacial score (nSPS) is 8.53. The first-order chi connectivity index (χ1) is 7.22. The molecule has 0 atom stereocenters. The molecule has 0 saturated carbocycles. The van der Waals surface area contributed by atoms with E-state index in [0.29, 0.717) is 6.61 Å². The number of carbonyl (C=O) groups excluding carboxylic acids is 1. The molecule has 0 aliphatic carbocycles. The van der Waals surface area contributed by atoms with Crippen molar-refractivity contribution in [2.75, 3.05) is 12.4 Å². The lowest BCUT2D eigenvalue weighted by atomic mass is 10.2. The standard InChI is InChI=1S/C10H13NO2.C2H6/c1-8(12)13-7-9-3-5-10(11-2)6-4-9;1-2/h3-6,11H,7H2,1-2H3;1-2H3. The zero-order chi connectivity index (χ0) is 11.7. The van der Waals surface area contributed by atoms with E-state index in [-0.39, 0.29) is 5.97 Å². The minimum Gasteiger partial charge on any atom is -0.461 e. The second kappa shape index (κ2) is 7.85. The van der Waals surface area contributed by atoms with Crippen LogP contribution in [0.25, 0.3) is 0 Å². The van der Waals surface area contributed by atoms with Crippen molar-refractivity contribution < 1.29 is 9.53 Å². The Hall–Kier alpha value is -1.51. The first-order valence-corrected chi connectivity index (χ1v) is 5.12. The summed E-state index contributed by atoms with van der Waals surface area (Å²) in [6.45, 7) is 5.75. The summed E-state index contributed by atoms with van der Waals surface area (Å²) in [6, 6.07) is 7.74. The molecule has 0 spiro atoms. The van der Waals surface area contributed by atoms with Crippen LogP contribution in [0.4, 0.5) is 5.69 Å². The van der Waals surface area contributed by atoms with E-state index in [9.17, 15) is 4.79 Å². The topological polar surface area (TPSA) is 38.3 Å². The van der Waals surface area contributed by atoms with Crippen LogP contribution in [0.15, 0.2) is 24.3 Å². The zero-order valence-corrected chi connectivity index (χ0v) is 9.83. The summed E-state index contributed by atoms with van der Waals surface area (Å²) in [5.41, 5.74) is 2.04. The summed E-state index contributed by atoms with van der Waals surface area (Å²) < 4.78 is 4.84. The fourth-order valence-corrected chi connectivity index (χ4v) is 0.953. The van der Waals surface area contributed by atoms with E-state index < -0.39 is 0 Å². The Morgan fingerprint density at radius 2 is 1.80 bits per heavy atom. The van der Waals surface area contributed by atoms with Gasteiger partial charge in [0.2, 0.25) is 0 Å². The summed E-state index contributed by atoms with van der Waals surface area (Å²) in [5.74, 6) is -0.252. The van der Waals surface area contributed by atoms with Crippen LogP contribution < -0.4 is 5.32 Å². The van der Waals surface area contributed by atoms with E-state index in [4.69, 9.17) is 4.74 Å². The van der Waals surface area contributed by atoms with Gasteiger partial charge in [-0.1, -0.05) is 26.0 Å². The van der Waals surface area contributed by atoms with E-state index in [2.05, 4.69) is 5.32 Å². The van der Waals surface area contributed by atoms with Crippen LogP contribution in [0.1, 0.15) is 26.3 Å². The Morgan fingerprint density at radius 3 is 2.20 bits per heavy atom. The Balaban J connectivity index is 0.000000921. The van der Waals surface area contributed by atoms with Crippen LogP contribution in [0.5, 0.6) is 0 Å². The average Bonchev–Trinajstić information content (AvgIpc) is 2.30. The van der Waals surface area contributed by atoms with Crippen molar-refractivity contribution in [3.05, 3.63) is 29.8 Å². The van der Waals surface area contributed by atoms with Crippen LogP contribution in [0, 0.1) is 0 Å². The number of nitrogens with one attached hydrogen (secondary N) is 1. The molecule has 0 unspecified atom stereocenters. The zero-order valence-electron chi connectivity index (χ0n) is 9.83. The molecule has 0 aliphatic heterocycles. The predicted molar refractivity (Wildman–Crippen MR) is 62.8 cm³/mol. The highest BCUT2D eigenvalue weighted by atomic mass is 16.5. The summed E-state index contributed by atoms with van der Waals surface area (Å²) in [6.07, 6.45) is 0. The van der Waals surface area contributed by atoms with Crippen LogP contribution in [-0.2, 0) is 16.1 Å². The number of hydrogen-bond acceptors (Lipinski definition) is 3. The predicted octanol–water partition coefficient (Wildman–Crippen LogP) is 2.82. The van der Waals surface area contributed by atoms with Gasteiger partial charge in [0.05, 0.1) is 0 Å². The number of anilines is 1. The Labute approximate surface area is 91.5 Å². The number of benzene rings is 1. The van der Waals surface area contributed by atoms with Crippen molar-refractivity contribution in [1.29, 1.82) is 0 Å². The van der Waals surface area contributed by atoms with Crippen LogP contribution >= 0.6 is 0 Å². The fourth-order valence-electron chi connectivity index (χ4n) is 0.953. The molecule has 0 amide bonds. The molecule has 84 valence electrons. The third kappa shape index (κ3) is 5.73. The smallest absolute Gasteiger partial charge is 0.302 e. The maximum Gasteiger partial charge on any atom is 0.302 e. The highest BCUT2D eigenvalue weighted by Crippen LogP contribution is 2.09. The van der Waals surface area contributed by atoms with Crippen molar-refractivity contribution in [2.24, 2.45) is 0 Å². The van der Waals surface area contributed by atoms with Crippen LogP contribution in [0.3, 0.4) is 0 Å². The van der Waals surface area contributed by atoms with Gasteiger partial charge in [-0.25, -0.2) is 0 Å². The number of carbonyl (C=O) groups is 1. The molecule has 0 fully saturated rings. The van der Waals surface area contributed by atoms with Gasteiger partial charge in [0.25, 0.3) is 0 Å². The average molecular weight is 209 g/mol. The van der Waals surface area contributed by atoms with Gasteiger partial charge in [-0.3, -0.25) is 4.79 Å². The molecule has 0 radical (unpaired) electrons. The third-order valence-electron chi connectivity index (χ3n) is 1.68. The summed E-state index contributed by atoms with van der Waals surface area (Å²) in [5, 5.41) is 3.01. The van der Waals surface area contributed by atoms with Crippen molar-refractivity contribution in [3.8, 4) is 0 Å². The van der Waals surface area contributed by atoms with Gasteiger partial charge in [-0.15, -0.1) is 0 Å². The molecule has 1 aromatic rings. The lowest BCUT2D eigenvalue weighted by Gasteiger charge is -2.03. The maximum absolute atomic E-state index is 10.5. The van der Waals surface area contributed by atoms with Crippen molar-refractivity contribution in [1.82, 2.24) is 0 Å². The van der Waals surface area contributed by atoms with Gasteiger partial charge in [-0.05, 0) is 17.7 Å². The lowest BCUT2D eigenvalue weighted by Crippen LogP contribution is -1.98. The second-order valence-electron chi connectivity index (χ2n) is 2.73. The maximum atomic E-state index is 10.5. The molecule has 1 rings (SSSR count). The molecular formula is C12H19NO2. The van der Waals surface area contributed by atoms with Crippen molar-refractivity contribution in [2.45, 2.75) is 27.4 Å². The van der Waals surface area contributed by atoms with Gasteiger partial charge >= 0.3 is 5.97 Å². The number of rotatable bonds is 3. The summed E-state index contributed by atoms with van der Waals surface area (Å²) >= 11 is 0. The monoisotopic (exact) mass is 209 g/mol. The Bertz CT molecular complexity index is 280. The largest absolute Gasteiger partial charge is 0.461 e. The van der Waals surface area contributed by atoms with Gasteiger partial charge in [0, 0.05) is 19.7 Å². The molecule has 0 aliphatic rings. The van der Waals surface area contributed by atoms with Gasteiger partial charge in [0.1, 0.15) is 6.61 Å². The quantitative estimate of drug-likeness (QED) is 0.778. The second-order valence-corrected chi connectivity index (χ2v) is 2.73. The molecule has 1 aromatic carbocycles. The van der Waals surface area contributed by atoms with E-state index in [1.54, 1.807) is 0 Å². The first kappa shape index (κ1) is 13.5. The number of hydrogen-bond donors (Lipinski definition) is 1. The van der Waals surface area contributed by atoms with Crippen molar-refractivity contribution in [3.63, 3.8) is 0 Å². The van der Waals surface area contributed by atoms with Gasteiger partial charge in [0.15, 0.2) is 0 Å². The lowest BCUT2D eigenvalue weighted by molar-refractivity contribution is -0.142.